The van der Waals surface area contributed by atoms with Crippen molar-refractivity contribution in [3.63, 3.8) is 0 Å². The molecule has 0 aliphatic heterocycles. The zero-order valence-electron chi connectivity index (χ0n) is 9.61. The molecule has 0 fully saturated rings. The summed E-state index contributed by atoms with van der Waals surface area (Å²) in [6.45, 7) is 0.159. The van der Waals surface area contributed by atoms with Crippen molar-refractivity contribution in [3.05, 3.63) is 65.7 Å². The minimum absolute atomic E-state index is 0.159. The highest BCUT2D eigenvalue weighted by Crippen LogP contribution is 2.17. The summed E-state index contributed by atoms with van der Waals surface area (Å²) in [6.07, 6.45) is -0.948. The van der Waals surface area contributed by atoms with Gasteiger partial charge in [0, 0.05) is 17.8 Å². The molecular formula is C14H13F2NO. The van der Waals surface area contributed by atoms with E-state index >= 15 is 0 Å². The maximum Gasteiger partial charge on any atom is 0.129 e. The van der Waals surface area contributed by atoms with E-state index in [1.165, 1.54) is 24.3 Å². The maximum absolute atomic E-state index is 13.4. The van der Waals surface area contributed by atoms with Gasteiger partial charge in [0.15, 0.2) is 0 Å². The van der Waals surface area contributed by atoms with Gasteiger partial charge in [-0.05, 0) is 30.3 Å². The second-order valence-electron chi connectivity index (χ2n) is 3.93. The third-order valence-electron chi connectivity index (χ3n) is 2.61. The van der Waals surface area contributed by atoms with Crippen molar-refractivity contribution < 1.29 is 13.9 Å². The van der Waals surface area contributed by atoms with Crippen LogP contribution in [0.4, 0.5) is 14.5 Å². The molecule has 0 heterocycles. The number of halogens is 2. The first-order valence-corrected chi connectivity index (χ1v) is 5.59. The average molecular weight is 249 g/mol. The van der Waals surface area contributed by atoms with Gasteiger partial charge in [0.2, 0.25) is 0 Å². The predicted molar refractivity (Wildman–Crippen MR) is 66.2 cm³/mol. The van der Waals surface area contributed by atoms with E-state index in [0.29, 0.717) is 5.69 Å². The second kappa shape index (κ2) is 5.60. The zero-order chi connectivity index (χ0) is 13.0. The Bertz CT molecular complexity index is 513. The first kappa shape index (κ1) is 12.5. The summed E-state index contributed by atoms with van der Waals surface area (Å²) in [4.78, 5) is 0. The average Bonchev–Trinajstić information content (AvgIpc) is 2.38. The number of rotatable bonds is 4. The molecule has 0 radical (unpaired) electrons. The van der Waals surface area contributed by atoms with Crippen molar-refractivity contribution in [2.24, 2.45) is 0 Å². The minimum Gasteiger partial charge on any atom is -0.386 e. The Morgan fingerprint density at radius 2 is 1.67 bits per heavy atom. The molecule has 1 atom stereocenters. The molecule has 0 spiro atoms. The highest BCUT2D eigenvalue weighted by molar-refractivity contribution is 5.43. The molecule has 2 aromatic rings. The van der Waals surface area contributed by atoms with E-state index in [-0.39, 0.29) is 17.9 Å². The lowest BCUT2D eigenvalue weighted by molar-refractivity contribution is 0.186. The molecule has 0 aliphatic rings. The molecule has 0 aromatic heterocycles. The fraction of sp³-hybridized carbons (Fsp3) is 0.143. The molecule has 4 heteroatoms. The lowest BCUT2D eigenvalue weighted by Crippen LogP contribution is -2.13. The summed E-state index contributed by atoms with van der Waals surface area (Å²) in [7, 11) is 0. The highest BCUT2D eigenvalue weighted by Gasteiger charge is 2.11. The van der Waals surface area contributed by atoms with Gasteiger partial charge in [-0.2, -0.15) is 0 Å². The van der Waals surface area contributed by atoms with E-state index in [2.05, 4.69) is 5.32 Å². The molecule has 0 aliphatic carbocycles. The standard InChI is InChI=1S/C14H13F2NO/c15-10-5-7-11(8-6-10)17-9-14(18)12-3-1-2-4-13(12)16/h1-8,14,17-18H,9H2. The lowest BCUT2D eigenvalue weighted by atomic mass is 10.1. The Kier molecular flexibility index (Phi) is 3.89. The van der Waals surface area contributed by atoms with E-state index in [4.69, 9.17) is 0 Å². The number of aliphatic hydroxyl groups excluding tert-OH is 1. The van der Waals surface area contributed by atoms with Crippen LogP contribution < -0.4 is 5.32 Å². The van der Waals surface area contributed by atoms with Crippen LogP contribution >= 0.6 is 0 Å². The van der Waals surface area contributed by atoms with Crippen molar-refractivity contribution in [3.8, 4) is 0 Å². The van der Waals surface area contributed by atoms with Crippen LogP contribution in [0.3, 0.4) is 0 Å². The minimum atomic E-state index is -0.948. The molecule has 0 saturated carbocycles. The van der Waals surface area contributed by atoms with Gasteiger partial charge >= 0.3 is 0 Å². The van der Waals surface area contributed by atoms with Crippen molar-refractivity contribution in [1.29, 1.82) is 0 Å². The van der Waals surface area contributed by atoms with Gasteiger partial charge in [-0.15, -0.1) is 0 Å². The summed E-state index contributed by atoms with van der Waals surface area (Å²) >= 11 is 0. The van der Waals surface area contributed by atoms with Gasteiger partial charge in [-0.3, -0.25) is 0 Å². The Balaban J connectivity index is 1.98. The van der Waals surface area contributed by atoms with Crippen LogP contribution in [-0.4, -0.2) is 11.7 Å². The quantitative estimate of drug-likeness (QED) is 0.872. The smallest absolute Gasteiger partial charge is 0.129 e. The second-order valence-corrected chi connectivity index (χ2v) is 3.93. The molecule has 0 amide bonds. The Labute approximate surface area is 104 Å². The van der Waals surface area contributed by atoms with E-state index in [1.54, 1.807) is 24.3 Å². The molecule has 94 valence electrons. The summed E-state index contributed by atoms with van der Waals surface area (Å²) in [5.41, 5.74) is 0.916. The molecule has 2 N–H and O–H groups in total. The third kappa shape index (κ3) is 3.05. The normalized spacial score (nSPS) is 12.2. The Morgan fingerprint density at radius 1 is 1.00 bits per heavy atom. The SMILES string of the molecule is OC(CNc1ccc(F)cc1)c1ccccc1F. The summed E-state index contributed by atoms with van der Waals surface area (Å²) < 4.78 is 26.1. The number of benzene rings is 2. The van der Waals surface area contributed by atoms with Gasteiger partial charge in [0.05, 0.1) is 6.10 Å². The first-order valence-electron chi connectivity index (χ1n) is 5.59. The van der Waals surface area contributed by atoms with Crippen LogP contribution in [0.1, 0.15) is 11.7 Å². The van der Waals surface area contributed by atoms with Crippen molar-refractivity contribution >= 4 is 5.69 Å². The Hall–Kier alpha value is -1.94. The van der Waals surface area contributed by atoms with Crippen LogP contribution in [0.25, 0.3) is 0 Å². The Morgan fingerprint density at radius 3 is 2.33 bits per heavy atom. The lowest BCUT2D eigenvalue weighted by Gasteiger charge is -2.13. The number of hydrogen-bond donors (Lipinski definition) is 2. The maximum atomic E-state index is 13.4. The number of aliphatic hydroxyl groups is 1. The largest absolute Gasteiger partial charge is 0.386 e. The summed E-state index contributed by atoms with van der Waals surface area (Å²) in [5.74, 6) is -0.763. The number of anilines is 1. The molecule has 2 aromatic carbocycles. The molecule has 2 rings (SSSR count). The van der Waals surface area contributed by atoms with Crippen molar-refractivity contribution in [2.75, 3.05) is 11.9 Å². The van der Waals surface area contributed by atoms with Gasteiger partial charge < -0.3 is 10.4 Å². The van der Waals surface area contributed by atoms with Gasteiger partial charge in [-0.25, -0.2) is 8.78 Å². The number of hydrogen-bond acceptors (Lipinski definition) is 2. The molecule has 18 heavy (non-hydrogen) atoms. The highest BCUT2D eigenvalue weighted by atomic mass is 19.1. The van der Waals surface area contributed by atoms with E-state index in [9.17, 15) is 13.9 Å². The fourth-order valence-electron chi connectivity index (χ4n) is 1.64. The van der Waals surface area contributed by atoms with Crippen LogP contribution in [0.2, 0.25) is 0 Å². The summed E-state index contributed by atoms with van der Waals surface area (Å²) in [5, 5.41) is 12.8. The number of nitrogens with one attached hydrogen (secondary N) is 1. The van der Waals surface area contributed by atoms with Crippen LogP contribution in [0.15, 0.2) is 48.5 Å². The van der Waals surface area contributed by atoms with Gasteiger partial charge in [0.1, 0.15) is 11.6 Å². The van der Waals surface area contributed by atoms with Crippen molar-refractivity contribution in [1.82, 2.24) is 0 Å². The third-order valence-corrected chi connectivity index (χ3v) is 2.61. The monoisotopic (exact) mass is 249 g/mol. The summed E-state index contributed by atoms with van der Waals surface area (Å²) in [6, 6.07) is 11.8. The van der Waals surface area contributed by atoms with Crippen molar-refractivity contribution in [2.45, 2.75) is 6.10 Å². The van der Waals surface area contributed by atoms with Crippen LogP contribution in [0.5, 0.6) is 0 Å². The molecule has 0 bridgehead atoms. The molecular weight excluding hydrogens is 236 g/mol. The van der Waals surface area contributed by atoms with Crippen LogP contribution in [0, 0.1) is 11.6 Å². The van der Waals surface area contributed by atoms with Gasteiger partial charge in [-0.1, -0.05) is 18.2 Å². The molecule has 0 saturated heterocycles. The zero-order valence-corrected chi connectivity index (χ0v) is 9.61. The topological polar surface area (TPSA) is 32.3 Å². The first-order chi connectivity index (χ1) is 8.66. The van der Waals surface area contributed by atoms with E-state index < -0.39 is 11.9 Å². The predicted octanol–water partition coefficient (Wildman–Crippen LogP) is 3.11. The van der Waals surface area contributed by atoms with Gasteiger partial charge in [0.25, 0.3) is 0 Å². The molecule has 2 nitrogen and oxygen atoms in total. The van der Waals surface area contributed by atoms with E-state index in [1.807, 2.05) is 0 Å². The fourth-order valence-corrected chi connectivity index (χ4v) is 1.64. The van der Waals surface area contributed by atoms with Crippen LogP contribution in [-0.2, 0) is 0 Å². The molecule has 1 unspecified atom stereocenters. The van der Waals surface area contributed by atoms with E-state index in [0.717, 1.165) is 0 Å².